The van der Waals surface area contributed by atoms with Crippen LogP contribution >= 0.6 is 15.9 Å². The summed E-state index contributed by atoms with van der Waals surface area (Å²) in [5, 5.41) is 10.8. The van der Waals surface area contributed by atoms with Crippen molar-refractivity contribution in [3.8, 4) is 0 Å². The van der Waals surface area contributed by atoms with Crippen LogP contribution in [-0.4, -0.2) is 30.0 Å². The largest absolute Gasteiger partial charge is 0.478 e. The molecule has 0 saturated carbocycles. The first-order valence-electron chi connectivity index (χ1n) is 4.66. The number of hydrogen-bond acceptors (Lipinski definition) is 2. The minimum Gasteiger partial charge on any atom is -0.478 e. The fourth-order valence-electron chi connectivity index (χ4n) is 1.10. The van der Waals surface area contributed by atoms with Crippen molar-refractivity contribution in [3.05, 3.63) is 28.2 Å². The van der Waals surface area contributed by atoms with Crippen LogP contribution in [0.1, 0.15) is 10.4 Å². The van der Waals surface area contributed by atoms with Crippen molar-refractivity contribution in [3.63, 3.8) is 0 Å². The Morgan fingerprint density at radius 1 is 1.44 bits per heavy atom. The first-order valence-corrected chi connectivity index (χ1v) is 5.46. The van der Waals surface area contributed by atoms with E-state index in [2.05, 4.69) is 21.2 Å². The SMILES string of the molecule is O=C(O)c1ccc(NCC(F)(F)C(F)F)cc1Br. The van der Waals surface area contributed by atoms with Gasteiger partial charge < -0.3 is 10.4 Å². The summed E-state index contributed by atoms with van der Waals surface area (Å²) in [6, 6.07) is 3.62. The van der Waals surface area contributed by atoms with Gasteiger partial charge in [0.1, 0.15) is 0 Å². The van der Waals surface area contributed by atoms with Gasteiger partial charge in [0.2, 0.25) is 0 Å². The van der Waals surface area contributed by atoms with Gasteiger partial charge >= 0.3 is 18.3 Å². The van der Waals surface area contributed by atoms with Crippen molar-refractivity contribution in [1.29, 1.82) is 0 Å². The maximum Gasteiger partial charge on any atom is 0.336 e. The lowest BCUT2D eigenvalue weighted by atomic mass is 10.2. The molecule has 0 spiro atoms. The standard InChI is InChI=1S/C10H8BrF4NO2/c11-7-3-5(1-2-6(7)8(17)18)16-4-10(14,15)9(12)13/h1-3,9,16H,4H2,(H,17,18). The molecule has 0 atom stereocenters. The molecule has 18 heavy (non-hydrogen) atoms. The molecule has 0 fully saturated rings. The summed E-state index contributed by atoms with van der Waals surface area (Å²) >= 11 is 2.94. The minimum absolute atomic E-state index is 0.0545. The average molecular weight is 330 g/mol. The quantitative estimate of drug-likeness (QED) is 0.813. The number of rotatable bonds is 5. The lowest BCUT2D eigenvalue weighted by molar-refractivity contribution is -0.117. The van der Waals surface area contributed by atoms with E-state index in [1.54, 1.807) is 0 Å². The predicted octanol–water partition coefficient (Wildman–Crippen LogP) is 3.46. The second-order valence-electron chi connectivity index (χ2n) is 3.42. The third-order valence-electron chi connectivity index (χ3n) is 2.05. The molecule has 0 radical (unpaired) electrons. The molecular weight excluding hydrogens is 322 g/mol. The van der Waals surface area contributed by atoms with E-state index in [0.29, 0.717) is 0 Å². The van der Waals surface area contributed by atoms with E-state index in [9.17, 15) is 22.4 Å². The molecule has 0 heterocycles. The minimum atomic E-state index is -4.14. The number of aromatic carboxylic acids is 1. The van der Waals surface area contributed by atoms with E-state index in [1.807, 2.05) is 0 Å². The highest BCUT2D eigenvalue weighted by Gasteiger charge is 2.40. The van der Waals surface area contributed by atoms with Crippen molar-refractivity contribution >= 4 is 27.6 Å². The van der Waals surface area contributed by atoms with Crippen molar-refractivity contribution in [1.82, 2.24) is 0 Å². The monoisotopic (exact) mass is 329 g/mol. The van der Waals surface area contributed by atoms with E-state index in [-0.39, 0.29) is 15.7 Å². The molecule has 0 aliphatic rings. The second-order valence-corrected chi connectivity index (χ2v) is 4.27. The Balaban J connectivity index is 2.76. The third kappa shape index (κ3) is 3.59. The maximum absolute atomic E-state index is 12.6. The van der Waals surface area contributed by atoms with Gasteiger partial charge in [0.25, 0.3) is 0 Å². The molecule has 1 rings (SSSR count). The first kappa shape index (κ1) is 14.7. The molecule has 100 valence electrons. The molecular formula is C10H8BrF4NO2. The number of benzene rings is 1. The van der Waals surface area contributed by atoms with Crippen molar-refractivity contribution in [2.24, 2.45) is 0 Å². The summed E-state index contributed by atoms with van der Waals surface area (Å²) in [4.78, 5) is 10.7. The van der Waals surface area contributed by atoms with Crippen LogP contribution in [0.5, 0.6) is 0 Å². The predicted molar refractivity (Wildman–Crippen MR) is 60.5 cm³/mol. The lowest BCUT2D eigenvalue weighted by Crippen LogP contribution is -2.34. The topological polar surface area (TPSA) is 49.3 Å². The van der Waals surface area contributed by atoms with Crippen LogP contribution in [0.25, 0.3) is 0 Å². The van der Waals surface area contributed by atoms with E-state index in [4.69, 9.17) is 5.11 Å². The number of halogens is 5. The summed E-state index contributed by atoms with van der Waals surface area (Å²) < 4.78 is 49.2. The molecule has 2 N–H and O–H groups in total. The van der Waals surface area contributed by atoms with E-state index in [1.165, 1.54) is 18.2 Å². The van der Waals surface area contributed by atoms with Gasteiger partial charge in [-0.1, -0.05) is 0 Å². The number of carboxylic acid groups (broad SMARTS) is 1. The van der Waals surface area contributed by atoms with Crippen molar-refractivity contribution in [2.75, 3.05) is 11.9 Å². The number of carbonyl (C=O) groups is 1. The molecule has 0 aliphatic heterocycles. The molecule has 0 saturated heterocycles. The molecule has 0 amide bonds. The Morgan fingerprint density at radius 2 is 2.06 bits per heavy atom. The van der Waals surface area contributed by atoms with Gasteiger partial charge in [0.05, 0.1) is 12.1 Å². The van der Waals surface area contributed by atoms with Gasteiger partial charge in [0, 0.05) is 10.2 Å². The third-order valence-corrected chi connectivity index (χ3v) is 2.70. The van der Waals surface area contributed by atoms with Gasteiger partial charge in [-0.05, 0) is 34.1 Å². The smallest absolute Gasteiger partial charge is 0.336 e. The zero-order valence-corrected chi connectivity index (χ0v) is 10.3. The molecule has 0 aliphatic carbocycles. The molecule has 0 bridgehead atoms. The fourth-order valence-corrected chi connectivity index (χ4v) is 1.64. The Morgan fingerprint density at radius 3 is 2.50 bits per heavy atom. The lowest BCUT2D eigenvalue weighted by Gasteiger charge is -2.16. The average Bonchev–Trinajstić information content (AvgIpc) is 2.25. The summed E-state index contributed by atoms with van der Waals surface area (Å²) in [7, 11) is 0. The number of nitrogens with one attached hydrogen (secondary N) is 1. The Kier molecular flexibility index (Phi) is 4.55. The highest BCUT2D eigenvalue weighted by atomic mass is 79.9. The van der Waals surface area contributed by atoms with Crippen molar-refractivity contribution < 1.29 is 27.5 Å². The van der Waals surface area contributed by atoms with Crippen LogP contribution in [0.15, 0.2) is 22.7 Å². The summed E-state index contributed by atoms with van der Waals surface area (Å²) in [6.07, 6.45) is -3.76. The van der Waals surface area contributed by atoms with Gasteiger partial charge in [-0.25, -0.2) is 13.6 Å². The Bertz CT molecular complexity index is 454. The zero-order valence-electron chi connectivity index (χ0n) is 8.76. The van der Waals surface area contributed by atoms with Gasteiger partial charge in [0.15, 0.2) is 0 Å². The molecule has 1 aromatic rings. The van der Waals surface area contributed by atoms with Crippen molar-refractivity contribution in [2.45, 2.75) is 12.3 Å². The molecule has 0 aromatic heterocycles. The molecule has 8 heteroatoms. The van der Waals surface area contributed by atoms with Crippen LogP contribution in [0.3, 0.4) is 0 Å². The van der Waals surface area contributed by atoms with E-state index < -0.39 is 24.9 Å². The number of alkyl halides is 4. The fraction of sp³-hybridized carbons (Fsp3) is 0.300. The summed E-state index contributed by atoms with van der Waals surface area (Å²) in [5.41, 5.74) is 0.0633. The van der Waals surface area contributed by atoms with Gasteiger partial charge in [-0.3, -0.25) is 0 Å². The highest BCUT2D eigenvalue weighted by Crippen LogP contribution is 2.25. The maximum atomic E-state index is 12.6. The second kappa shape index (κ2) is 5.55. The van der Waals surface area contributed by atoms with Crippen LogP contribution in [0.2, 0.25) is 0 Å². The molecule has 3 nitrogen and oxygen atoms in total. The van der Waals surface area contributed by atoms with Gasteiger partial charge in [-0.2, -0.15) is 8.78 Å². The summed E-state index contributed by atoms with van der Waals surface area (Å²) in [5.74, 6) is -5.33. The molecule has 1 aromatic carbocycles. The first-order chi connectivity index (χ1) is 8.24. The van der Waals surface area contributed by atoms with Crippen LogP contribution in [-0.2, 0) is 0 Å². The number of carboxylic acids is 1. The highest BCUT2D eigenvalue weighted by molar-refractivity contribution is 9.10. The number of hydrogen-bond donors (Lipinski definition) is 2. The van der Waals surface area contributed by atoms with Gasteiger partial charge in [-0.15, -0.1) is 0 Å². The zero-order chi connectivity index (χ0) is 13.9. The Hall–Kier alpha value is -1.31. The Labute approximate surface area is 108 Å². The van der Waals surface area contributed by atoms with E-state index >= 15 is 0 Å². The normalized spacial score (nSPS) is 11.7. The van der Waals surface area contributed by atoms with E-state index in [0.717, 1.165) is 0 Å². The van der Waals surface area contributed by atoms with Crippen LogP contribution < -0.4 is 5.32 Å². The molecule has 0 unspecified atom stereocenters. The summed E-state index contributed by atoms with van der Waals surface area (Å²) in [6.45, 7) is -1.23. The van der Waals surface area contributed by atoms with Crippen LogP contribution in [0.4, 0.5) is 23.2 Å². The van der Waals surface area contributed by atoms with Crippen LogP contribution in [0, 0.1) is 0 Å². The number of anilines is 1.